The van der Waals surface area contributed by atoms with Gasteiger partial charge in [-0.3, -0.25) is 10.3 Å². The quantitative estimate of drug-likeness (QED) is 0.632. The van der Waals surface area contributed by atoms with Crippen LogP contribution in [0.3, 0.4) is 0 Å². The van der Waals surface area contributed by atoms with E-state index in [0.29, 0.717) is 5.84 Å². The maximum absolute atomic E-state index is 7.59. The molecule has 0 saturated carbocycles. The third-order valence-corrected chi connectivity index (χ3v) is 3.99. The first-order chi connectivity index (χ1) is 8.49. The Morgan fingerprint density at radius 2 is 2.00 bits per heavy atom. The molecule has 1 aliphatic heterocycles. The summed E-state index contributed by atoms with van der Waals surface area (Å²) >= 11 is 0. The zero-order valence-electron chi connectivity index (χ0n) is 11.4. The molecule has 0 spiro atoms. The molecule has 3 nitrogen and oxygen atoms in total. The first-order valence-electron chi connectivity index (χ1n) is 6.63. The highest BCUT2D eigenvalue weighted by atomic mass is 15.1. The topological polar surface area (TPSA) is 53.1 Å². The molecule has 0 unspecified atom stereocenters. The van der Waals surface area contributed by atoms with E-state index in [4.69, 9.17) is 11.1 Å². The van der Waals surface area contributed by atoms with Gasteiger partial charge < -0.3 is 5.73 Å². The Hall–Kier alpha value is -1.35. The summed E-state index contributed by atoms with van der Waals surface area (Å²) in [5, 5.41) is 7.59. The number of hydrogen-bond acceptors (Lipinski definition) is 2. The van der Waals surface area contributed by atoms with Gasteiger partial charge in [0.25, 0.3) is 0 Å². The van der Waals surface area contributed by atoms with Gasteiger partial charge in [-0.05, 0) is 30.5 Å². The number of nitrogens with one attached hydrogen (secondary N) is 1. The molecule has 0 amide bonds. The number of fused-ring (bicyclic) bond motifs is 1. The average molecular weight is 245 g/mol. The van der Waals surface area contributed by atoms with Crippen molar-refractivity contribution in [1.29, 1.82) is 5.41 Å². The third-order valence-electron chi connectivity index (χ3n) is 3.99. The predicted octanol–water partition coefficient (Wildman–Crippen LogP) is 2.40. The van der Waals surface area contributed by atoms with E-state index in [0.717, 1.165) is 32.5 Å². The van der Waals surface area contributed by atoms with Crippen LogP contribution in [0.4, 0.5) is 0 Å². The van der Waals surface area contributed by atoms with Crippen LogP contribution in [0.5, 0.6) is 0 Å². The van der Waals surface area contributed by atoms with E-state index < -0.39 is 0 Å². The van der Waals surface area contributed by atoms with Crippen molar-refractivity contribution in [3.63, 3.8) is 0 Å². The van der Waals surface area contributed by atoms with Crippen LogP contribution in [0.25, 0.3) is 0 Å². The van der Waals surface area contributed by atoms with Gasteiger partial charge in [0.05, 0.1) is 5.84 Å². The fraction of sp³-hybridized carbons (Fsp3) is 0.533. The van der Waals surface area contributed by atoms with Gasteiger partial charge in [-0.15, -0.1) is 0 Å². The Labute approximate surface area is 109 Å². The van der Waals surface area contributed by atoms with Crippen molar-refractivity contribution in [3.8, 4) is 0 Å². The largest absolute Gasteiger partial charge is 0.387 e. The fourth-order valence-electron chi connectivity index (χ4n) is 2.32. The highest BCUT2D eigenvalue weighted by Crippen LogP contribution is 2.23. The van der Waals surface area contributed by atoms with Gasteiger partial charge in [-0.2, -0.15) is 0 Å². The minimum Gasteiger partial charge on any atom is -0.387 e. The second-order valence-corrected chi connectivity index (χ2v) is 5.84. The van der Waals surface area contributed by atoms with Crippen LogP contribution in [0.2, 0.25) is 0 Å². The minimum atomic E-state index is -0.184. The molecule has 0 aliphatic carbocycles. The summed E-state index contributed by atoms with van der Waals surface area (Å²) in [6, 6.07) is 8.68. The molecule has 3 heteroatoms. The monoisotopic (exact) mass is 245 g/mol. The molecule has 0 aromatic heterocycles. The van der Waals surface area contributed by atoms with Gasteiger partial charge in [0.15, 0.2) is 0 Å². The molecule has 1 aromatic rings. The summed E-state index contributed by atoms with van der Waals surface area (Å²) in [5.74, 6) is 0.292. The Balaban J connectivity index is 1.93. The molecule has 1 heterocycles. The lowest BCUT2D eigenvalue weighted by molar-refractivity contribution is 0.228. The molecule has 1 aliphatic rings. The van der Waals surface area contributed by atoms with Crippen LogP contribution in [-0.4, -0.2) is 23.8 Å². The lowest BCUT2D eigenvalue weighted by Crippen LogP contribution is -2.37. The van der Waals surface area contributed by atoms with Gasteiger partial charge in [0.2, 0.25) is 0 Å². The van der Waals surface area contributed by atoms with Crippen molar-refractivity contribution in [3.05, 3.63) is 35.4 Å². The lowest BCUT2D eigenvalue weighted by Gasteiger charge is -2.32. The molecule has 0 radical (unpaired) electrons. The molecule has 0 atom stereocenters. The maximum atomic E-state index is 7.59. The first-order valence-corrected chi connectivity index (χ1v) is 6.63. The number of nitrogens with two attached hydrogens (primary N) is 1. The first kappa shape index (κ1) is 13.1. The number of hydrogen-bond donors (Lipinski definition) is 2. The molecule has 0 bridgehead atoms. The van der Waals surface area contributed by atoms with Gasteiger partial charge in [-0.25, -0.2) is 0 Å². The number of amidine groups is 1. The van der Waals surface area contributed by atoms with E-state index in [1.807, 2.05) is 13.8 Å². The molecular weight excluding hydrogens is 222 g/mol. The average Bonchev–Trinajstić information content (AvgIpc) is 2.36. The summed E-state index contributed by atoms with van der Waals surface area (Å²) in [6.07, 6.45) is 2.08. The van der Waals surface area contributed by atoms with E-state index in [-0.39, 0.29) is 5.41 Å². The van der Waals surface area contributed by atoms with Crippen molar-refractivity contribution in [2.24, 2.45) is 11.1 Å². The van der Waals surface area contributed by atoms with E-state index in [9.17, 15) is 0 Å². The third kappa shape index (κ3) is 2.91. The highest BCUT2D eigenvalue weighted by Gasteiger charge is 2.23. The molecule has 18 heavy (non-hydrogen) atoms. The van der Waals surface area contributed by atoms with Crippen LogP contribution in [0.15, 0.2) is 24.3 Å². The Morgan fingerprint density at radius 3 is 2.67 bits per heavy atom. The van der Waals surface area contributed by atoms with Gasteiger partial charge in [-0.1, -0.05) is 38.1 Å². The van der Waals surface area contributed by atoms with Crippen LogP contribution in [-0.2, 0) is 13.0 Å². The number of rotatable bonds is 4. The van der Waals surface area contributed by atoms with Gasteiger partial charge >= 0.3 is 0 Å². The van der Waals surface area contributed by atoms with Gasteiger partial charge in [0.1, 0.15) is 0 Å². The summed E-state index contributed by atoms with van der Waals surface area (Å²) in [6.45, 7) is 7.26. The minimum absolute atomic E-state index is 0.184. The second kappa shape index (κ2) is 5.11. The van der Waals surface area contributed by atoms with Crippen molar-refractivity contribution < 1.29 is 0 Å². The highest BCUT2D eigenvalue weighted by molar-refractivity contribution is 5.82. The Bertz CT molecular complexity index is 437. The summed E-state index contributed by atoms with van der Waals surface area (Å²) in [7, 11) is 0. The molecule has 1 aromatic carbocycles. The Morgan fingerprint density at radius 1 is 1.33 bits per heavy atom. The van der Waals surface area contributed by atoms with E-state index in [2.05, 4.69) is 29.2 Å². The zero-order chi connectivity index (χ0) is 13.2. The van der Waals surface area contributed by atoms with Crippen LogP contribution in [0, 0.1) is 10.8 Å². The lowest BCUT2D eigenvalue weighted by atomic mass is 9.87. The fourth-order valence-corrected chi connectivity index (χ4v) is 2.32. The SMILES string of the molecule is CC(C)(CCN1CCc2ccccc2C1)C(=N)N. The molecule has 0 saturated heterocycles. The van der Waals surface area contributed by atoms with Crippen molar-refractivity contribution in [2.75, 3.05) is 13.1 Å². The molecule has 2 rings (SSSR count). The van der Waals surface area contributed by atoms with Crippen molar-refractivity contribution >= 4 is 5.84 Å². The van der Waals surface area contributed by atoms with Crippen LogP contribution < -0.4 is 5.73 Å². The molecular formula is C15H23N3. The van der Waals surface area contributed by atoms with E-state index >= 15 is 0 Å². The zero-order valence-corrected chi connectivity index (χ0v) is 11.4. The Kier molecular flexibility index (Phi) is 3.71. The molecule has 3 N–H and O–H groups in total. The summed E-state index contributed by atoms with van der Waals surface area (Å²) in [4.78, 5) is 2.47. The standard InChI is InChI=1S/C15H23N3/c1-15(2,14(16)17)8-10-18-9-7-12-5-3-4-6-13(12)11-18/h3-6H,7-11H2,1-2H3,(H3,16,17). The van der Waals surface area contributed by atoms with E-state index in [1.165, 1.54) is 11.1 Å². The number of benzene rings is 1. The van der Waals surface area contributed by atoms with Gasteiger partial charge in [0, 0.05) is 18.5 Å². The molecule has 0 fully saturated rings. The van der Waals surface area contributed by atoms with E-state index in [1.54, 1.807) is 0 Å². The number of nitrogens with zero attached hydrogens (tertiary/aromatic N) is 1. The normalized spacial score (nSPS) is 16.3. The van der Waals surface area contributed by atoms with Crippen molar-refractivity contribution in [2.45, 2.75) is 33.2 Å². The van der Waals surface area contributed by atoms with Crippen LogP contribution >= 0.6 is 0 Å². The van der Waals surface area contributed by atoms with Crippen molar-refractivity contribution in [1.82, 2.24) is 4.90 Å². The maximum Gasteiger partial charge on any atom is 0.0963 e. The molecule has 98 valence electrons. The predicted molar refractivity (Wildman–Crippen MR) is 75.7 cm³/mol. The second-order valence-electron chi connectivity index (χ2n) is 5.84. The smallest absolute Gasteiger partial charge is 0.0963 e. The van der Waals surface area contributed by atoms with Crippen LogP contribution in [0.1, 0.15) is 31.4 Å². The summed E-state index contributed by atoms with van der Waals surface area (Å²) < 4.78 is 0. The summed E-state index contributed by atoms with van der Waals surface area (Å²) in [5.41, 5.74) is 8.38.